The van der Waals surface area contributed by atoms with E-state index in [2.05, 4.69) is 0 Å². The number of rotatable bonds is 1. The molecule has 0 saturated carbocycles. The topological polar surface area (TPSA) is 46.6 Å². The van der Waals surface area contributed by atoms with Crippen molar-refractivity contribution >= 4 is 11.9 Å². The lowest BCUT2D eigenvalue weighted by molar-refractivity contribution is -0.121. The average Bonchev–Trinajstić information content (AvgIpc) is 2.44. The summed E-state index contributed by atoms with van der Waals surface area (Å²) in [7, 11) is 0. The summed E-state index contributed by atoms with van der Waals surface area (Å²) < 4.78 is 5.29. The van der Waals surface area contributed by atoms with Crippen molar-refractivity contribution in [2.75, 3.05) is 6.54 Å². The lowest BCUT2D eigenvalue weighted by Gasteiger charge is -2.27. The van der Waals surface area contributed by atoms with E-state index < -0.39 is 5.60 Å². The van der Waals surface area contributed by atoms with E-state index in [1.165, 1.54) is 6.92 Å². The molecule has 0 aromatic heterocycles. The Balaban J connectivity index is 2.71. The highest BCUT2D eigenvalue weighted by Gasteiger charge is 2.37. The number of carbonyl (C=O) groups is 2. The molecule has 1 aliphatic heterocycles. The van der Waals surface area contributed by atoms with Crippen molar-refractivity contribution in [3.05, 3.63) is 0 Å². The van der Waals surface area contributed by atoms with E-state index in [0.717, 1.165) is 6.42 Å². The van der Waals surface area contributed by atoms with Crippen LogP contribution in [0.2, 0.25) is 0 Å². The maximum absolute atomic E-state index is 11.9. The van der Waals surface area contributed by atoms with Crippen LogP contribution >= 0.6 is 0 Å². The first-order chi connectivity index (χ1) is 7.20. The van der Waals surface area contributed by atoms with E-state index in [0.29, 0.717) is 12.5 Å². The highest BCUT2D eigenvalue weighted by Crippen LogP contribution is 2.25. The molecule has 0 unspecified atom stereocenters. The van der Waals surface area contributed by atoms with Gasteiger partial charge in [-0.05, 0) is 40.0 Å². The van der Waals surface area contributed by atoms with Crippen LogP contribution in [0, 0.1) is 5.92 Å². The van der Waals surface area contributed by atoms with E-state index in [1.54, 1.807) is 4.90 Å². The molecule has 1 saturated heterocycles. The van der Waals surface area contributed by atoms with Crippen LogP contribution < -0.4 is 0 Å². The van der Waals surface area contributed by atoms with Crippen molar-refractivity contribution < 1.29 is 14.3 Å². The van der Waals surface area contributed by atoms with Gasteiger partial charge in [0.2, 0.25) is 0 Å². The predicted octanol–water partition coefficient (Wildman–Crippen LogP) is 2.22. The number of nitrogens with zero attached hydrogens (tertiary/aromatic N) is 1. The first kappa shape index (κ1) is 13.0. The van der Waals surface area contributed by atoms with Gasteiger partial charge in [-0.1, -0.05) is 6.92 Å². The first-order valence-electron chi connectivity index (χ1n) is 5.71. The molecular weight excluding hydrogens is 206 g/mol. The quantitative estimate of drug-likeness (QED) is 0.690. The van der Waals surface area contributed by atoms with Gasteiger partial charge in [0.1, 0.15) is 5.60 Å². The molecule has 1 amide bonds. The Kier molecular flexibility index (Phi) is 3.61. The number of hydrogen-bond donors (Lipinski definition) is 0. The van der Waals surface area contributed by atoms with Crippen LogP contribution in [0.25, 0.3) is 0 Å². The summed E-state index contributed by atoms with van der Waals surface area (Å²) in [6.45, 7) is 9.66. The van der Waals surface area contributed by atoms with Crippen molar-refractivity contribution in [1.82, 2.24) is 4.90 Å². The molecule has 4 heteroatoms. The van der Waals surface area contributed by atoms with E-state index in [-0.39, 0.29) is 17.9 Å². The second kappa shape index (κ2) is 4.44. The van der Waals surface area contributed by atoms with Crippen molar-refractivity contribution in [1.29, 1.82) is 0 Å². The zero-order chi connectivity index (χ0) is 12.5. The highest BCUT2D eigenvalue weighted by molar-refractivity contribution is 5.86. The van der Waals surface area contributed by atoms with E-state index in [1.807, 2.05) is 27.7 Å². The number of ether oxygens (including phenoxy) is 1. The molecule has 1 heterocycles. The number of Topliss-reactive ketones (excluding diaryl/α,β-unsaturated/α-hetero) is 1. The second-order valence-electron chi connectivity index (χ2n) is 5.60. The maximum atomic E-state index is 11.9. The van der Waals surface area contributed by atoms with E-state index in [4.69, 9.17) is 4.74 Å². The van der Waals surface area contributed by atoms with Gasteiger partial charge < -0.3 is 4.74 Å². The summed E-state index contributed by atoms with van der Waals surface area (Å²) in [6, 6.07) is -0.301. The molecule has 0 aromatic rings. The fourth-order valence-corrected chi connectivity index (χ4v) is 1.95. The molecule has 1 fully saturated rings. The van der Waals surface area contributed by atoms with Crippen molar-refractivity contribution in [3.8, 4) is 0 Å². The van der Waals surface area contributed by atoms with Gasteiger partial charge in [-0.15, -0.1) is 0 Å². The largest absolute Gasteiger partial charge is 0.444 e. The fraction of sp³-hybridized carbons (Fsp3) is 0.833. The lowest BCUT2D eigenvalue weighted by atomic mass is 10.1. The number of amides is 1. The number of likely N-dealkylation sites (tertiary alicyclic amines) is 1. The molecule has 16 heavy (non-hydrogen) atoms. The summed E-state index contributed by atoms with van der Waals surface area (Å²) >= 11 is 0. The molecule has 0 radical (unpaired) electrons. The van der Waals surface area contributed by atoms with Crippen LogP contribution in [0.15, 0.2) is 0 Å². The van der Waals surface area contributed by atoms with Crippen LogP contribution in [0.3, 0.4) is 0 Å². The number of carbonyl (C=O) groups excluding carboxylic acids is 2. The van der Waals surface area contributed by atoms with Crippen LogP contribution in [-0.4, -0.2) is 35.0 Å². The molecule has 4 nitrogen and oxygen atoms in total. The van der Waals surface area contributed by atoms with E-state index in [9.17, 15) is 9.59 Å². The Bertz CT molecular complexity index is 293. The monoisotopic (exact) mass is 227 g/mol. The second-order valence-corrected chi connectivity index (χ2v) is 5.60. The van der Waals surface area contributed by atoms with Gasteiger partial charge in [-0.2, -0.15) is 0 Å². The van der Waals surface area contributed by atoms with Gasteiger partial charge in [-0.3, -0.25) is 9.69 Å². The first-order valence-corrected chi connectivity index (χ1v) is 5.71. The molecule has 0 spiro atoms. The Morgan fingerprint density at radius 3 is 2.31 bits per heavy atom. The zero-order valence-corrected chi connectivity index (χ0v) is 10.7. The molecule has 1 rings (SSSR count). The number of ketones is 1. The molecule has 0 aromatic carbocycles. The minimum absolute atomic E-state index is 0.0372. The van der Waals surface area contributed by atoms with Gasteiger partial charge >= 0.3 is 6.09 Å². The van der Waals surface area contributed by atoms with Gasteiger partial charge in [0.05, 0.1) is 6.04 Å². The van der Waals surface area contributed by atoms with Crippen molar-refractivity contribution in [2.45, 2.75) is 52.7 Å². The highest BCUT2D eigenvalue weighted by atomic mass is 16.6. The minimum atomic E-state index is -0.510. The van der Waals surface area contributed by atoms with Gasteiger partial charge in [-0.25, -0.2) is 4.79 Å². The van der Waals surface area contributed by atoms with E-state index >= 15 is 0 Å². The third-order valence-electron chi connectivity index (χ3n) is 2.61. The van der Waals surface area contributed by atoms with Crippen LogP contribution in [0.5, 0.6) is 0 Å². The molecule has 92 valence electrons. The third-order valence-corrected chi connectivity index (χ3v) is 2.61. The Labute approximate surface area is 96.9 Å². The van der Waals surface area contributed by atoms with Gasteiger partial charge in [0, 0.05) is 6.54 Å². The van der Waals surface area contributed by atoms with Gasteiger partial charge in [0.15, 0.2) is 5.78 Å². The summed E-state index contributed by atoms with van der Waals surface area (Å²) in [6.07, 6.45) is 0.367. The minimum Gasteiger partial charge on any atom is -0.444 e. The van der Waals surface area contributed by atoms with Crippen molar-refractivity contribution in [2.24, 2.45) is 5.92 Å². The summed E-state index contributed by atoms with van der Waals surface area (Å²) in [5, 5.41) is 0. The third kappa shape index (κ3) is 3.22. The molecule has 0 bridgehead atoms. The summed E-state index contributed by atoms with van der Waals surface area (Å²) in [4.78, 5) is 24.8. The molecule has 0 N–H and O–H groups in total. The predicted molar refractivity (Wildman–Crippen MR) is 61.2 cm³/mol. The summed E-state index contributed by atoms with van der Waals surface area (Å²) in [5.74, 6) is 0.400. The van der Waals surface area contributed by atoms with Crippen LogP contribution in [0.4, 0.5) is 4.79 Å². The summed E-state index contributed by atoms with van der Waals surface area (Å²) in [5.41, 5.74) is -0.510. The van der Waals surface area contributed by atoms with Crippen molar-refractivity contribution in [3.63, 3.8) is 0 Å². The standard InChI is InChI=1S/C12H21NO3/c1-8-6-10(9(2)14)13(7-8)11(15)16-12(3,4)5/h8,10H,6-7H2,1-5H3/t8-,10-/m0/s1. The van der Waals surface area contributed by atoms with Crippen LogP contribution in [-0.2, 0) is 9.53 Å². The molecule has 1 aliphatic rings. The fourth-order valence-electron chi connectivity index (χ4n) is 1.95. The maximum Gasteiger partial charge on any atom is 0.410 e. The SMILES string of the molecule is CC(=O)[C@@H]1C[C@H](C)CN1C(=O)OC(C)(C)C. The average molecular weight is 227 g/mol. The molecular formula is C12H21NO3. The normalized spacial score (nSPS) is 25.7. The number of hydrogen-bond acceptors (Lipinski definition) is 3. The van der Waals surface area contributed by atoms with Crippen LogP contribution in [0.1, 0.15) is 41.0 Å². The Hall–Kier alpha value is -1.06. The smallest absolute Gasteiger partial charge is 0.410 e. The molecule has 2 atom stereocenters. The zero-order valence-electron chi connectivity index (χ0n) is 10.7. The Morgan fingerprint density at radius 1 is 1.31 bits per heavy atom. The lowest BCUT2D eigenvalue weighted by Crippen LogP contribution is -2.42. The Morgan fingerprint density at radius 2 is 1.88 bits per heavy atom. The van der Waals surface area contributed by atoms with Gasteiger partial charge in [0.25, 0.3) is 0 Å². The molecule has 0 aliphatic carbocycles.